The molecule has 0 bridgehead atoms. The van der Waals surface area contributed by atoms with E-state index in [1.165, 1.54) is 6.07 Å². The normalized spacial score (nSPS) is 20.1. The lowest BCUT2D eigenvalue weighted by atomic mass is 9.75. The summed E-state index contributed by atoms with van der Waals surface area (Å²) in [5.41, 5.74) is 6.19. The van der Waals surface area contributed by atoms with E-state index in [4.69, 9.17) is 10.5 Å². The molecule has 0 aromatic carbocycles. The summed E-state index contributed by atoms with van der Waals surface area (Å²) in [5, 5.41) is 12.6. The van der Waals surface area contributed by atoms with Crippen LogP contribution in [0.25, 0.3) is 0 Å². The molecule has 26 heavy (non-hydrogen) atoms. The second-order valence-electron chi connectivity index (χ2n) is 6.39. The largest absolute Gasteiger partial charge is 0.495 e. The smallest absolute Gasteiger partial charge is 0.252 e. The van der Waals surface area contributed by atoms with Gasteiger partial charge in [0.15, 0.2) is 0 Å². The molecule has 0 saturated heterocycles. The summed E-state index contributed by atoms with van der Waals surface area (Å²) in [6, 6.07) is 2.74. The Labute approximate surface area is 149 Å². The number of aromatic amines is 1. The molecule has 2 aromatic rings. The van der Waals surface area contributed by atoms with Crippen LogP contribution in [0.15, 0.2) is 29.3 Å². The number of carbonyl (C=O) groups is 1. The fourth-order valence-electron chi connectivity index (χ4n) is 3.10. The Morgan fingerprint density at radius 1 is 1.46 bits per heavy atom. The van der Waals surface area contributed by atoms with Crippen molar-refractivity contribution in [2.75, 3.05) is 12.8 Å². The van der Waals surface area contributed by atoms with Gasteiger partial charge in [0.05, 0.1) is 37.6 Å². The summed E-state index contributed by atoms with van der Waals surface area (Å²) >= 11 is 0. The monoisotopic (exact) mass is 359 g/mol. The molecule has 5 N–H and O–H groups in total. The SMILES string of the molecule is COc1cncc(C(NC(=O)Cc2cc(=O)[nH]c(N)n2)C2CC(O)C2)c1. The van der Waals surface area contributed by atoms with Crippen molar-refractivity contribution in [3.63, 3.8) is 0 Å². The average molecular weight is 359 g/mol. The Morgan fingerprint density at radius 3 is 2.88 bits per heavy atom. The van der Waals surface area contributed by atoms with Crippen molar-refractivity contribution in [3.8, 4) is 5.75 Å². The molecule has 0 spiro atoms. The van der Waals surface area contributed by atoms with Gasteiger partial charge in [0.25, 0.3) is 5.56 Å². The number of nitrogens with zero attached hydrogens (tertiary/aromatic N) is 2. The fraction of sp³-hybridized carbons (Fsp3) is 0.412. The Morgan fingerprint density at radius 2 is 2.23 bits per heavy atom. The number of hydrogen-bond acceptors (Lipinski definition) is 7. The third-order valence-electron chi connectivity index (χ3n) is 4.42. The van der Waals surface area contributed by atoms with Gasteiger partial charge in [-0.3, -0.25) is 19.6 Å². The van der Waals surface area contributed by atoms with Crippen molar-refractivity contribution in [2.45, 2.75) is 31.4 Å². The number of H-pyrrole nitrogens is 1. The molecular formula is C17H21N5O4. The van der Waals surface area contributed by atoms with Gasteiger partial charge in [0.1, 0.15) is 5.75 Å². The van der Waals surface area contributed by atoms with Gasteiger partial charge in [-0.05, 0) is 30.4 Å². The number of nitrogens with one attached hydrogen (secondary N) is 2. The van der Waals surface area contributed by atoms with Crippen molar-refractivity contribution in [1.82, 2.24) is 20.3 Å². The number of nitrogen functional groups attached to an aromatic ring is 1. The molecule has 1 amide bonds. The lowest BCUT2D eigenvalue weighted by Crippen LogP contribution is -2.42. The van der Waals surface area contributed by atoms with Crippen LogP contribution in [-0.4, -0.2) is 39.2 Å². The molecule has 0 radical (unpaired) electrons. The van der Waals surface area contributed by atoms with E-state index in [9.17, 15) is 14.7 Å². The Kier molecular flexibility index (Phi) is 5.17. The number of amides is 1. The molecule has 0 aliphatic heterocycles. The van der Waals surface area contributed by atoms with E-state index >= 15 is 0 Å². The van der Waals surface area contributed by atoms with Crippen LogP contribution < -0.4 is 21.3 Å². The number of anilines is 1. The van der Waals surface area contributed by atoms with E-state index in [0.717, 1.165) is 5.56 Å². The minimum Gasteiger partial charge on any atom is -0.495 e. The van der Waals surface area contributed by atoms with Crippen molar-refractivity contribution in [2.24, 2.45) is 5.92 Å². The van der Waals surface area contributed by atoms with Crippen LogP contribution in [0.4, 0.5) is 5.95 Å². The zero-order chi connectivity index (χ0) is 18.7. The maximum atomic E-state index is 12.5. The maximum absolute atomic E-state index is 12.5. The fourth-order valence-corrected chi connectivity index (χ4v) is 3.10. The van der Waals surface area contributed by atoms with Crippen LogP contribution in [0, 0.1) is 5.92 Å². The van der Waals surface area contributed by atoms with Crippen LogP contribution in [0.1, 0.15) is 30.1 Å². The zero-order valence-corrected chi connectivity index (χ0v) is 14.3. The number of hydrogen-bond donors (Lipinski definition) is 4. The van der Waals surface area contributed by atoms with Gasteiger partial charge in [0.2, 0.25) is 11.9 Å². The summed E-state index contributed by atoms with van der Waals surface area (Å²) in [4.78, 5) is 34.4. The highest BCUT2D eigenvalue weighted by Gasteiger charge is 2.36. The third kappa shape index (κ3) is 4.17. The third-order valence-corrected chi connectivity index (χ3v) is 4.42. The second kappa shape index (κ2) is 7.52. The number of ether oxygens (including phenoxy) is 1. The molecule has 1 unspecified atom stereocenters. The molecule has 1 aliphatic rings. The Hall–Kier alpha value is -2.94. The van der Waals surface area contributed by atoms with Gasteiger partial charge in [-0.2, -0.15) is 0 Å². The Balaban J connectivity index is 1.76. The lowest BCUT2D eigenvalue weighted by Gasteiger charge is -2.38. The Bertz CT molecular complexity index is 847. The van der Waals surface area contributed by atoms with E-state index in [2.05, 4.69) is 20.3 Å². The molecule has 2 heterocycles. The number of pyridine rings is 1. The highest BCUT2D eigenvalue weighted by molar-refractivity contribution is 5.78. The van der Waals surface area contributed by atoms with Crippen LogP contribution >= 0.6 is 0 Å². The lowest BCUT2D eigenvalue weighted by molar-refractivity contribution is -0.122. The maximum Gasteiger partial charge on any atom is 0.252 e. The van der Waals surface area contributed by atoms with E-state index in [1.807, 2.05) is 6.07 Å². The molecule has 1 saturated carbocycles. The van der Waals surface area contributed by atoms with Crippen LogP contribution in [-0.2, 0) is 11.2 Å². The summed E-state index contributed by atoms with van der Waals surface area (Å²) in [7, 11) is 1.55. The number of aliphatic hydroxyl groups excluding tert-OH is 1. The number of aromatic nitrogens is 3. The van der Waals surface area contributed by atoms with Crippen molar-refractivity contribution < 1.29 is 14.6 Å². The molecule has 1 atom stereocenters. The summed E-state index contributed by atoms with van der Waals surface area (Å²) in [6.07, 6.45) is 4.02. The number of carbonyl (C=O) groups excluding carboxylic acids is 1. The van der Waals surface area contributed by atoms with Crippen LogP contribution in [0.3, 0.4) is 0 Å². The average Bonchev–Trinajstić information content (AvgIpc) is 2.56. The first kappa shape index (κ1) is 17.9. The molecule has 2 aromatic heterocycles. The van der Waals surface area contributed by atoms with Crippen molar-refractivity contribution in [1.29, 1.82) is 0 Å². The predicted molar refractivity (Wildman–Crippen MR) is 93.4 cm³/mol. The summed E-state index contributed by atoms with van der Waals surface area (Å²) in [6.45, 7) is 0. The molecule has 138 valence electrons. The minimum absolute atomic E-state index is 0.0315. The highest BCUT2D eigenvalue weighted by atomic mass is 16.5. The molecule has 1 fully saturated rings. The van der Waals surface area contributed by atoms with Crippen LogP contribution in [0.5, 0.6) is 5.75 Å². The van der Waals surface area contributed by atoms with Crippen molar-refractivity contribution >= 4 is 11.9 Å². The van der Waals surface area contributed by atoms with Gasteiger partial charge < -0.3 is 20.9 Å². The quantitative estimate of drug-likeness (QED) is 0.565. The van der Waals surface area contributed by atoms with Crippen molar-refractivity contribution in [3.05, 3.63) is 46.1 Å². The second-order valence-corrected chi connectivity index (χ2v) is 6.39. The molecule has 9 nitrogen and oxygen atoms in total. The number of aliphatic hydroxyl groups is 1. The first-order valence-corrected chi connectivity index (χ1v) is 8.26. The first-order valence-electron chi connectivity index (χ1n) is 8.26. The topological polar surface area (TPSA) is 143 Å². The number of methoxy groups -OCH3 is 1. The molecule has 9 heteroatoms. The summed E-state index contributed by atoms with van der Waals surface area (Å²) in [5.74, 6) is 0.360. The molecule has 1 aliphatic carbocycles. The van der Waals surface area contributed by atoms with Gasteiger partial charge >= 0.3 is 0 Å². The van der Waals surface area contributed by atoms with E-state index in [-0.39, 0.29) is 36.3 Å². The number of nitrogens with two attached hydrogens (primary N) is 1. The van der Waals surface area contributed by atoms with Gasteiger partial charge in [-0.1, -0.05) is 0 Å². The van der Waals surface area contributed by atoms with Gasteiger partial charge in [-0.15, -0.1) is 0 Å². The summed E-state index contributed by atoms with van der Waals surface area (Å²) < 4.78 is 5.20. The predicted octanol–water partition coefficient (Wildman–Crippen LogP) is -0.0734. The number of rotatable bonds is 6. The minimum atomic E-state index is -0.407. The highest BCUT2D eigenvalue weighted by Crippen LogP contribution is 2.38. The standard InChI is InChI=1S/C17H21N5O4/c1-26-13-4-10(7-19-8-13)16(9-2-12(23)3-9)21-14(24)5-11-6-15(25)22-17(18)20-11/h4,6-9,12,16,23H,2-3,5H2,1H3,(H,21,24)(H3,18,20,22,25). The van der Waals surface area contributed by atoms with Crippen LogP contribution in [0.2, 0.25) is 0 Å². The first-order chi connectivity index (χ1) is 12.4. The van der Waals surface area contributed by atoms with Gasteiger partial charge in [0, 0.05) is 12.3 Å². The van der Waals surface area contributed by atoms with Gasteiger partial charge in [-0.25, -0.2) is 4.98 Å². The van der Waals surface area contributed by atoms with E-state index in [0.29, 0.717) is 24.3 Å². The molecule has 3 rings (SSSR count). The molecular weight excluding hydrogens is 338 g/mol. The van der Waals surface area contributed by atoms with E-state index in [1.54, 1.807) is 19.5 Å². The zero-order valence-electron chi connectivity index (χ0n) is 14.3. The van der Waals surface area contributed by atoms with E-state index < -0.39 is 5.56 Å².